The van der Waals surface area contributed by atoms with Crippen LogP contribution >= 0.6 is 15.9 Å². The summed E-state index contributed by atoms with van der Waals surface area (Å²) in [5.74, 6) is -0.0912. The van der Waals surface area contributed by atoms with Crippen molar-refractivity contribution in [3.05, 3.63) is 39.1 Å². The zero-order valence-corrected chi connectivity index (χ0v) is 19.5. The maximum atomic E-state index is 13.5. The van der Waals surface area contributed by atoms with E-state index in [-0.39, 0.29) is 18.3 Å². The van der Waals surface area contributed by atoms with E-state index in [1.165, 1.54) is 12.2 Å². The number of carbonyl (C=O) groups is 2. The average Bonchev–Trinajstić information content (AvgIpc) is 2.90. The fourth-order valence-electron chi connectivity index (χ4n) is 4.27. The minimum Gasteiger partial charge on any atom is -0.434 e. The molecule has 8 nitrogen and oxygen atoms in total. The molecule has 1 saturated heterocycles. The highest BCUT2D eigenvalue weighted by atomic mass is 79.9. The van der Waals surface area contributed by atoms with Crippen molar-refractivity contribution in [1.82, 2.24) is 10.1 Å². The fourth-order valence-corrected chi connectivity index (χ4v) is 5.15. The zero-order chi connectivity index (χ0) is 22.1. The Kier molecular flexibility index (Phi) is 6.86. The Balaban J connectivity index is 2.21. The van der Waals surface area contributed by atoms with E-state index in [2.05, 4.69) is 15.9 Å². The standard InChI is InChI=1S/C21H27BrN2O6/c1-6-29-20(26)30-18-17(16-14(3)11-13(2)12-15(16)22)19(25)24(28-5)21(18)7-9-23(27-4)10-8-21/h11-12H,6-10H2,1-5H3. The number of carbonyl (C=O) groups excluding carboxylic acids is 2. The lowest BCUT2D eigenvalue weighted by Gasteiger charge is -2.42. The molecule has 0 unspecified atom stereocenters. The van der Waals surface area contributed by atoms with Crippen LogP contribution in [0.4, 0.5) is 4.79 Å². The molecule has 1 aromatic carbocycles. The third-order valence-electron chi connectivity index (χ3n) is 5.56. The monoisotopic (exact) mass is 482 g/mol. The van der Waals surface area contributed by atoms with Crippen molar-refractivity contribution >= 4 is 33.6 Å². The molecule has 164 valence electrons. The smallest absolute Gasteiger partial charge is 0.434 e. The molecule has 9 heteroatoms. The second-order valence-corrected chi connectivity index (χ2v) is 8.21. The van der Waals surface area contributed by atoms with Gasteiger partial charge in [-0.05, 0) is 50.8 Å². The molecular formula is C21H27BrN2O6. The van der Waals surface area contributed by atoms with Crippen LogP contribution in [0.15, 0.2) is 22.4 Å². The molecule has 0 atom stereocenters. The summed E-state index contributed by atoms with van der Waals surface area (Å²) in [5, 5.41) is 3.13. The van der Waals surface area contributed by atoms with Crippen LogP contribution in [0.3, 0.4) is 0 Å². The minimum absolute atomic E-state index is 0.168. The van der Waals surface area contributed by atoms with Crippen LogP contribution in [0.5, 0.6) is 0 Å². The van der Waals surface area contributed by atoms with Crippen molar-refractivity contribution in [3.63, 3.8) is 0 Å². The second-order valence-electron chi connectivity index (χ2n) is 7.35. The van der Waals surface area contributed by atoms with Gasteiger partial charge in [-0.2, -0.15) is 5.06 Å². The molecule has 2 aliphatic heterocycles. The maximum Gasteiger partial charge on any atom is 0.513 e. The molecule has 1 amide bonds. The van der Waals surface area contributed by atoms with Crippen molar-refractivity contribution in [3.8, 4) is 0 Å². The number of nitrogens with zero attached hydrogens (tertiary/aromatic N) is 2. The number of piperidine rings is 1. The maximum absolute atomic E-state index is 13.5. The van der Waals surface area contributed by atoms with E-state index in [0.29, 0.717) is 37.1 Å². The topological polar surface area (TPSA) is 77.5 Å². The Hall–Kier alpha value is -1.94. The number of hydrogen-bond donors (Lipinski definition) is 0. The summed E-state index contributed by atoms with van der Waals surface area (Å²) in [6.45, 7) is 6.85. The van der Waals surface area contributed by atoms with Crippen LogP contribution in [0, 0.1) is 13.8 Å². The molecule has 0 saturated carbocycles. The fraction of sp³-hybridized carbons (Fsp3) is 0.524. The summed E-state index contributed by atoms with van der Waals surface area (Å²) in [5.41, 5.74) is 1.99. The van der Waals surface area contributed by atoms with Gasteiger partial charge in [0, 0.05) is 23.1 Å². The first-order chi connectivity index (χ1) is 14.3. The largest absolute Gasteiger partial charge is 0.513 e. The van der Waals surface area contributed by atoms with Gasteiger partial charge in [0.05, 0.1) is 26.4 Å². The molecule has 2 aliphatic rings. The lowest BCUT2D eigenvalue weighted by Crippen LogP contribution is -2.55. The van der Waals surface area contributed by atoms with Crippen LogP contribution in [0.25, 0.3) is 5.57 Å². The molecule has 0 radical (unpaired) electrons. The predicted octanol–water partition coefficient (Wildman–Crippen LogP) is 3.75. The molecule has 0 N–H and O–H groups in total. The van der Waals surface area contributed by atoms with Gasteiger partial charge >= 0.3 is 6.16 Å². The molecule has 1 spiro atoms. The highest BCUT2D eigenvalue weighted by molar-refractivity contribution is 9.10. The Bertz CT molecular complexity index is 853. The van der Waals surface area contributed by atoms with E-state index < -0.39 is 11.7 Å². The van der Waals surface area contributed by atoms with Crippen LogP contribution < -0.4 is 0 Å². The quantitative estimate of drug-likeness (QED) is 0.591. The highest BCUT2D eigenvalue weighted by Gasteiger charge is 2.57. The number of aryl methyl sites for hydroxylation is 2. The number of amides is 1. The first-order valence-electron chi connectivity index (χ1n) is 9.83. The van der Waals surface area contributed by atoms with Gasteiger partial charge in [-0.15, -0.1) is 0 Å². The summed E-state index contributed by atoms with van der Waals surface area (Å²) in [6.07, 6.45) is 0.104. The van der Waals surface area contributed by atoms with Crippen LogP contribution in [-0.2, 0) is 23.9 Å². The number of hydroxylamine groups is 4. The number of ether oxygens (including phenoxy) is 2. The Morgan fingerprint density at radius 3 is 2.37 bits per heavy atom. The van der Waals surface area contributed by atoms with Gasteiger partial charge in [-0.3, -0.25) is 9.63 Å². The number of benzene rings is 1. The van der Waals surface area contributed by atoms with Crippen LogP contribution in [0.1, 0.15) is 36.5 Å². The van der Waals surface area contributed by atoms with Gasteiger partial charge in [-0.25, -0.2) is 9.86 Å². The van der Waals surface area contributed by atoms with Crippen molar-refractivity contribution in [2.45, 2.75) is 39.2 Å². The van der Waals surface area contributed by atoms with Gasteiger partial charge < -0.3 is 14.3 Å². The second kappa shape index (κ2) is 9.05. The number of halogens is 1. The average molecular weight is 483 g/mol. The molecule has 0 aromatic heterocycles. The van der Waals surface area contributed by atoms with E-state index in [1.54, 1.807) is 19.1 Å². The molecule has 1 fully saturated rings. The lowest BCUT2D eigenvalue weighted by atomic mass is 9.85. The lowest BCUT2D eigenvalue weighted by molar-refractivity contribution is -0.221. The molecule has 30 heavy (non-hydrogen) atoms. The van der Waals surface area contributed by atoms with Crippen LogP contribution in [0.2, 0.25) is 0 Å². The van der Waals surface area contributed by atoms with E-state index in [1.807, 2.05) is 26.0 Å². The SMILES string of the molecule is CCOC(=O)OC1=C(c2c(C)cc(C)cc2Br)C(=O)N(OC)C12CCN(OC)CC2. The molecule has 3 rings (SSSR count). The normalized spacial score (nSPS) is 19.0. The van der Waals surface area contributed by atoms with E-state index in [4.69, 9.17) is 19.1 Å². The summed E-state index contributed by atoms with van der Waals surface area (Å²) in [4.78, 5) is 36.8. The summed E-state index contributed by atoms with van der Waals surface area (Å²) in [7, 11) is 3.06. The Morgan fingerprint density at radius 1 is 1.17 bits per heavy atom. The van der Waals surface area contributed by atoms with Crippen molar-refractivity contribution < 1.29 is 28.7 Å². The van der Waals surface area contributed by atoms with Crippen molar-refractivity contribution in [2.75, 3.05) is 33.9 Å². The third kappa shape index (κ3) is 3.87. The van der Waals surface area contributed by atoms with E-state index >= 15 is 0 Å². The van der Waals surface area contributed by atoms with Gasteiger partial charge in [0.2, 0.25) is 0 Å². The van der Waals surface area contributed by atoms with Gasteiger partial charge in [0.15, 0.2) is 5.76 Å². The minimum atomic E-state index is -0.931. The van der Waals surface area contributed by atoms with Crippen LogP contribution in [-0.4, -0.2) is 61.6 Å². The number of hydrogen-bond acceptors (Lipinski definition) is 7. The Morgan fingerprint density at radius 2 is 1.83 bits per heavy atom. The first kappa shape index (κ1) is 22.7. The van der Waals surface area contributed by atoms with E-state index in [0.717, 1.165) is 15.6 Å². The summed E-state index contributed by atoms with van der Waals surface area (Å²) in [6, 6.07) is 3.91. The molecule has 0 aliphatic carbocycles. The third-order valence-corrected chi connectivity index (χ3v) is 6.18. The predicted molar refractivity (Wildman–Crippen MR) is 113 cm³/mol. The molecule has 2 heterocycles. The van der Waals surface area contributed by atoms with Gasteiger partial charge in [-0.1, -0.05) is 22.0 Å². The highest BCUT2D eigenvalue weighted by Crippen LogP contribution is 2.48. The first-order valence-corrected chi connectivity index (χ1v) is 10.6. The van der Waals surface area contributed by atoms with Gasteiger partial charge in [0.25, 0.3) is 5.91 Å². The summed E-state index contributed by atoms with van der Waals surface area (Å²) < 4.78 is 11.5. The van der Waals surface area contributed by atoms with Crippen molar-refractivity contribution in [2.24, 2.45) is 0 Å². The molecule has 0 bridgehead atoms. The van der Waals surface area contributed by atoms with E-state index in [9.17, 15) is 9.59 Å². The Labute approximate surface area is 184 Å². The summed E-state index contributed by atoms with van der Waals surface area (Å²) >= 11 is 3.59. The van der Waals surface area contributed by atoms with Gasteiger partial charge in [0.1, 0.15) is 5.54 Å². The zero-order valence-electron chi connectivity index (χ0n) is 17.9. The molecule has 1 aromatic rings. The molecular weight excluding hydrogens is 456 g/mol. The number of rotatable bonds is 5. The van der Waals surface area contributed by atoms with Crippen molar-refractivity contribution in [1.29, 1.82) is 0 Å².